The van der Waals surface area contributed by atoms with E-state index in [0.717, 1.165) is 5.69 Å². The first kappa shape index (κ1) is 13.3. The van der Waals surface area contributed by atoms with Crippen LogP contribution in [0, 0.1) is 12.3 Å². The van der Waals surface area contributed by atoms with Gasteiger partial charge >= 0.3 is 6.18 Å². The quantitative estimate of drug-likeness (QED) is 0.897. The highest BCUT2D eigenvalue weighted by atomic mass is 19.4. The molecular formula is C13H16F3NO. The zero-order valence-corrected chi connectivity index (χ0v) is 10.2. The van der Waals surface area contributed by atoms with Crippen LogP contribution in [0.15, 0.2) is 18.2 Å². The third-order valence-corrected chi connectivity index (χ3v) is 3.60. The van der Waals surface area contributed by atoms with Gasteiger partial charge in [0.1, 0.15) is 0 Å². The van der Waals surface area contributed by atoms with E-state index >= 15 is 0 Å². The Labute approximate surface area is 104 Å². The Morgan fingerprint density at radius 2 is 2.06 bits per heavy atom. The van der Waals surface area contributed by atoms with Crippen LogP contribution < -0.4 is 0 Å². The molecule has 5 heteroatoms. The van der Waals surface area contributed by atoms with Crippen molar-refractivity contribution in [3.63, 3.8) is 0 Å². The largest absolute Gasteiger partial charge is 0.394 e. The Morgan fingerprint density at radius 3 is 2.56 bits per heavy atom. The van der Waals surface area contributed by atoms with Crippen molar-refractivity contribution in [1.82, 2.24) is 4.98 Å². The minimum atomic E-state index is -4.15. The van der Waals surface area contributed by atoms with Crippen molar-refractivity contribution in [2.75, 3.05) is 0 Å². The first-order chi connectivity index (χ1) is 8.34. The Balaban J connectivity index is 1.95. The molecule has 100 valence electrons. The average molecular weight is 259 g/mol. The third kappa shape index (κ3) is 2.66. The van der Waals surface area contributed by atoms with Crippen molar-refractivity contribution >= 4 is 0 Å². The number of aliphatic hydroxyl groups excluding tert-OH is 1. The van der Waals surface area contributed by atoms with Crippen LogP contribution >= 0.6 is 0 Å². The smallest absolute Gasteiger partial charge is 0.387 e. The molecule has 1 aliphatic rings. The van der Waals surface area contributed by atoms with Gasteiger partial charge in [-0.25, -0.2) is 0 Å². The number of halogens is 3. The van der Waals surface area contributed by atoms with E-state index in [9.17, 15) is 18.3 Å². The van der Waals surface area contributed by atoms with Crippen molar-refractivity contribution in [1.29, 1.82) is 0 Å². The Hall–Kier alpha value is -1.10. The molecule has 1 heterocycles. The van der Waals surface area contributed by atoms with Gasteiger partial charge in [-0.2, -0.15) is 13.2 Å². The number of hydrogen-bond donors (Lipinski definition) is 1. The van der Waals surface area contributed by atoms with E-state index in [1.54, 1.807) is 25.1 Å². The van der Waals surface area contributed by atoms with Gasteiger partial charge in [0.2, 0.25) is 0 Å². The maximum absolute atomic E-state index is 12.7. The van der Waals surface area contributed by atoms with Crippen molar-refractivity contribution in [2.45, 2.75) is 44.9 Å². The van der Waals surface area contributed by atoms with Gasteiger partial charge in [-0.05, 0) is 44.7 Å². The molecule has 1 saturated carbocycles. The molecular weight excluding hydrogens is 243 g/mol. The molecule has 1 aromatic rings. The van der Waals surface area contributed by atoms with E-state index in [1.807, 2.05) is 0 Å². The van der Waals surface area contributed by atoms with Crippen LogP contribution in [-0.4, -0.2) is 16.3 Å². The number of alkyl halides is 3. The predicted octanol–water partition coefficient (Wildman–Crippen LogP) is 3.55. The summed E-state index contributed by atoms with van der Waals surface area (Å²) in [5, 5.41) is 9.87. The average Bonchev–Trinajstić information content (AvgIpc) is 3.06. The van der Waals surface area contributed by atoms with Gasteiger partial charge in [0, 0.05) is 5.69 Å². The second-order valence-corrected chi connectivity index (χ2v) is 5.04. The lowest BCUT2D eigenvalue weighted by Crippen LogP contribution is -2.25. The van der Waals surface area contributed by atoms with Crippen LogP contribution in [0.3, 0.4) is 0 Å². The molecule has 0 aromatic carbocycles. The Bertz CT molecular complexity index is 426. The molecule has 0 saturated heterocycles. The van der Waals surface area contributed by atoms with E-state index in [-0.39, 0.29) is 25.7 Å². The fraction of sp³-hybridized carbons (Fsp3) is 0.615. The molecule has 0 aliphatic heterocycles. The lowest BCUT2D eigenvalue weighted by Gasteiger charge is -2.20. The van der Waals surface area contributed by atoms with Gasteiger partial charge in [0.05, 0.1) is 17.2 Å². The highest BCUT2D eigenvalue weighted by Gasteiger charge is 2.62. The molecule has 0 spiro atoms. The standard InChI is InChI=1S/C13H16F3NO/c1-9-3-2-4-10(17-9)11(18)5-6-12(7-8-12)13(14,15)16/h2-4,11,18H,5-8H2,1H3. The van der Waals surface area contributed by atoms with E-state index in [0.29, 0.717) is 5.69 Å². The monoisotopic (exact) mass is 259 g/mol. The summed E-state index contributed by atoms with van der Waals surface area (Å²) in [5.74, 6) is 0. The molecule has 0 radical (unpaired) electrons. The van der Waals surface area contributed by atoms with Crippen molar-refractivity contribution in [3.05, 3.63) is 29.6 Å². The number of aliphatic hydroxyl groups is 1. The van der Waals surface area contributed by atoms with E-state index < -0.39 is 17.7 Å². The molecule has 1 fully saturated rings. The second-order valence-electron chi connectivity index (χ2n) is 5.04. The first-order valence-corrected chi connectivity index (χ1v) is 6.02. The fourth-order valence-corrected chi connectivity index (χ4v) is 2.14. The van der Waals surface area contributed by atoms with Crippen LogP contribution in [0.25, 0.3) is 0 Å². The summed E-state index contributed by atoms with van der Waals surface area (Å²) in [5.41, 5.74) is -0.339. The van der Waals surface area contributed by atoms with E-state index in [4.69, 9.17) is 0 Å². The number of nitrogens with zero attached hydrogens (tertiary/aromatic N) is 1. The van der Waals surface area contributed by atoms with Gasteiger partial charge in [-0.3, -0.25) is 4.98 Å². The molecule has 1 aromatic heterocycles. The summed E-state index contributed by atoms with van der Waals surface area (Å²) in [7, 11) is 0. The maximum atomic E-state index is 12.7. The topological polar surface area (TPSA) is 33.1 Å². The number of pyridine rings is 1. The first-order valence-electron chi connectivity index (χ1n) is 6.02. The van der Waals surface area contributed by atoms with Gasteiger partial charge in [0.25, 0.3) is 0 Å². The summed E-state index contributed by atoms with van der Waals surface area (Å²) in [6.07, 6.45) is -4.60. The Kier molecular flexibility index (Phi) is 3.36. The highest BCUT2D eigenvalue weighted by molar-refractivity contribution is 5.12. The molecule has 1 unspecified atom stereocenters. The molecule has 0 amide bonds. The van der Waals surface area contributed by atoms with Crippen LogP contribution in [0.5, 0.6) is 0 Å². The number of aryl methyl sites for hydroxylation is 1. The number of rotatable bonds is 4. The maximum Gasteiger partial charge on any atom is 0.394 e. The lowest BCUT2D eigenvalue weighted by atomic mass is 9.96. The van der Waals surface area contributed by atoms with Crippen molar-refractivity contribution in [2.24, 2.45) is 5.41 Å². The SMILES string of the molecule is Cc1cccc(C(O)CCC2(C(F)(F)F)CC2)n1. The van der Waals surface area contributed by atoms with Crippen LogP contribution in [0.4, 0.5) is 13.2 Å². The minimum Gasteiger partial charge on any atom is -0.387 e. The summed E-state index contributed by atoms with van der Waals surface area (Å²) in [6, 6.07) is 5.18. The molecule has 1 aliphatic carbocycles. The zero-order valence-electron chi connectivity index (χ0n) is 10.2. The highest BCUT2D eigenvalue weighted by Crippen LogP contribution is 2.60. The Morgan fingerprint density at radius 1 is 1.39 bits per heavy atom. The van der Waals surface area contributed by atoms with Crippen LogP contribution in [0.2, 0.25) is 0 Å². The van der Waals surface area contributed by atoms with Gasteiger partial charge in [-0.15, -0.1) is 0 Å². The molecule has 18 heavy (non-hydrogen) atoms. The zero-order chi connectivity index (χ0) is 13.4. The van der Waals surface area contributed by atoms with Crippen molar-refractivity contribution in [3.8, 4) is 0 Å². The third-order valence-electron chi connectivity index (χ3n) is 3.60. The molecule has 2 rings (SSSR count). The predicted molar refractivity (Wildman–Crippen MR) is 60.9 cm³/mol. The summed E-state index contributed by atoms with van der Waals surface area (Å²) in [6.45, 7) is 1.79. The second kappa shape index (κ2) is 4.53. The summed E-state index contributed by atoms with van der Waals surface area (Å²) >= 11 is 0. The molecule has 2 nitrogen and oxygen atoms in total. The van der Waals surface area contributed by atoms with E-state index in [1.165, 1.54) is 0 Å². The number of aromatic nitrogens is 1. The molecule has 0 bridgehead atoms. The lowest BCUT2D eigenvalue weighted by molar-refractivity contribution is -0.190. The molecule has 1 atom stereocenters. The minimum absolute atomic E-state index is 0.0205. The van der Waals surface area contributed by atoms with Gasteiger partial charge in [0.15, 0.2) is 0 Å². The molecule has 1 N–H and O–H groups in total. The summed E-state index contributed by atoms with van der Waals surface area (Å²) < 4.78 is 38.1. The van der Waals surface area contributed by atoms with Crippen LogP contribution in [0.1, 0.15) is 43.2 Å². The van der Waals surface area contributed by atoms with Gasteiger partial charge in [-0.1, -0.05) is 6.07 Å². The van der Waals surface area contributed by atoms with E-state index in [2.05, 4.69) is 4.98 Å². The fourth-order valence-electron chi connectivity index (χ4n) is 2.14. The summed E-state index contributed by atoms with van der Waals surface area (Å²) in [4.78, 5) is 4.13. The van der Waals surface area contributed by atoms with Crippen molar-refractivity contribution < 1.29 is 18.3 Å². The van der Waals surface area contributed by atoms with Crippen LogP contribution in [-0.2, 0) is 0 Å². The normalized spacial score (nSPS) is 19.6. The number of hydrogen-bond acceptors (Lipinski definition) is 2. The van der Waals surface area contributed by atoms with Gasteiger partial charge < -0.3 is 5.11 Å².